The Kier molecular flexibility index (Phi) is 12.9. The highest BCUT2D eigenvalue weighted by molar-refractivity contribution is 7.13. The summed E-state index contributed by atoms with van der Waals surface area (Å²) in [5, 5.41) is 25.2. The smallest absolute Gasteiger partial charge is 0.319 e. The van der Waals surface area contributed by atoms with Gasteiger partial charge in [0, 0.05) is 67.6 Å². The normalized spacial score (nSPS) is 22.6. The molecule has 77 heavy (non-hydrogen) atoms. The van der Waals surface area contributed by atoms with E-state index in [2.05, 4.69) is 67.8 Å². The molecule has 6 atom stereocenters. The number of aromatic hydroxyl groups is 1. The number of hydrogen-bond donors (Lipinski definition) is 3. The van der Waals surface area contributed by atoms with Crippen LogP contribution < -0.4 is 25.0 Å². The highest BCUT2D eigenvalue weighted by atomic mass is 32.1. The molecular formula is C60H68N10O6S. The molecule has 8 heterocycles. The Morgan fingerprint density at radius 2 is 1.77 bits per heavy atom. The van der Waals surface area contributed by atoms with Gasteiger partial charge in [-0.25, -0.2) is 4.98 Å². The van der Waals surface area contributed by atoms with Crippen molar-refractivity contribution in [2.75, 3.05) is 50.8 Å². The van der Waals surface area contributed by atoms with Crippen LogP contribution in [0.5, 0.6) is 17.6 Å². The number of aryl methyl sites for hydroxylation is 1. The number of phenolic OH excluding ortho intramolecular Hbond substituents is 1. The number of nitrogens with one attached hydrogen (secondary N) is 2. The number of anilines is 1. The number of piperidine rings is 1. The van der Waals surface area contributed by atoms with Gasteiger partial charge in [0.1, 0.15) is 36.2 Å². The summed E-state index contributed by atoms with van der Waals surface area (Å²) in [5.74, 6) is 1.06. The lowest BCUT2D eigenvalue weighted by molar-refractivity contribution is -0.141. The standard InChI is InChI=1S/C60H68N10O6S/c1-33(2)50(58(73)70-19-7-10-47(70)57(72)63-35(4)37-11-13-38(14-12-37)55-36(5)62-32-77-55)48-26-49(67-76-48)75-43-27-60(28-43)17-20-68(21-18-60)22-23-74-59-65-54-46(56(66-59)69-30-40-15-16-41(31-69)64-40)29-61-53-45-25-42(71)24-39-8-6-9-44(52(39)45)34(3)51(53)54/h6,8-9,11-14,24-26,29,32-35,40-41,43,47,50,64,71H,7,10,15-23,27-28,30-31H2,1-5H3,(H,63,72)/t34?,35-,40?,41?,47-,50+/m0/s1. The van der Waals surface area contributed by atoms with E-state index in [1.54, 1.807) is 22.3 Å². The molecule has 0 radical (unpaired) electrons. The van der Waals surface area contributed by atoms with Gasteiger partial charge in [-0.1, -0.05) is 63.2 Å². The van der Waals surface area contributed by atoms with Crippen molar-refractivity contribution in [2.24, 2.45) is 11.3 Å². The van der Waals surface area contributed by atoms with Crippen LogP contribution in [-0.4, -0.2) is 122 Å². The van der Waals surface area contributed by atoms with Gasteiger partial charge >= 0.3 is 6.01 Å². The summed E-state index contributed by atoms with van der Waals surface area (Å²) < 4.78 is 18.9. The van der Waals surface area contributed by atoms with Gasteiger partial charge in [-0.05, 0) is 134 Å². The minimum Gasteiger partial charge on any atom is -0.508 e. The number of fused-ring (bicyclic) bond motifs is 6. The molecule has 13 rings (SSSR count). The molecule has 2 amide bonds. The Morgan fingerprint density at radius 3 is 2.52 bits per heavy atom. The maximum atomic E-state index is 14.4. The van der Waals surface area contributed by atoms with Crippen molar-refractivity contribution in [1.82, 2.24) is 45.5 Å². The van der Waals surface area contributed by atoms with E-state index >= 15 is 0 Å². The summed E-state index contributed by atoms with van der Waals surface area (Å²) in [6, 6.07) is 20.5. The van der Waals surface area contributed by atoms with Crippen LogP contribution in [0.2, 0.25) is 0 Å². The summed E-state index contributed by atoms with van der Waals surface area (Å²) >= 11 is 1.62. The SMILES string of the molecule is Cc1ncsc1-c1ccc([C@H](C)NC(=O)[C@@H]2CCCN2C(=O)[C@@H](c2cc(OC3CC4(CCN(CCOc5nc(N6CC7CCC(C6)N7)c6cnc7c(c6n5)C(C)c5cccc6cc(O)cc-7c56)CC4)C3)no2)C(C)C)cc1. The number of thiazole rings is 1. The van der Waals surface area contributed by atoms with Gasteiger partial charge < -0.3 is 39.5 Å². The van der Waals surface area contributed by atoms with E-state index in [0.29, 0.717) is 49.3 Å². The van der Waals surface area contributed by atoms with Crippen LogP contribution in [-0.2, 0) is 9.59 Å². The minimum atomic E-state index is -0.594. The Bertz CT molecular complexity index is 3370. The molecule has 7 aromatic rings. The van der Waals surface area contributed by atoms with E-state index < -0.39 is 12.0 Å². The number of aromatic nitrogens is 5. The fourth-order valence-electron chi connectivity index (χ4n) is 13.8. The molecule has 1 spiro atoms. The molecule has 2 aliphatic carbocycles. The quantitative estimate of drug-likeness (QED) is 0.0935. The molecule has 3 aromatic carbocycles. The van der Waals surface area contributed by atoms with Crippen LogP contribution in [0.1, 0.15) is 125 Å². The maximum absolute atomic E-state index is 14.4. The average Bonchev–Trinajstić information content (AvgIpc) is 4.40. The van der Waals surface area contributed by atoms with Gasteiger partial charge in [-0.2, -0.15) is 9.97 Å². The van der Waals surface area contributed by atoms with Crippen molar-refractivity contribution in [3.63, 3.8) is 0 Å². The van der Waals surface area contributed by atoms with Gasteiger partial charge in [-0.3, -0.25) is 19.5 Å². The van der Waals surface area contributed by atoms with Crippen LogP contribution >= 0.6 is 11.3 Å². The lowest BCUT2D eigenvalue weighted by Crippen LogP contribution is -2.51. The zero-order valence-electron chi connectivity index (χ0n) is 44.6. The Hall–Kier alpha value is -6.69. The molecule has 17 heteroatoms. The topological polar surface area (TPSA) is 184 Å². The molecular weight excluding hydrogens is 989 g/mol. The number of carbonyl (C=O) groups excluding carboxylic acids is 2. The molecule has 3 N–H and O–H groups in total. The first-order chi connectivity index (χ1) is 37.3. The number of phenols is 1. The number of likely N-dealkylation sites (tertiary alicyclic amines) is 2. The molecule has 4 aromatic heterocycles. The number of pyridine rings is 1. The van der Waals surface area contributed by atoms with Crippen LogP contribution in [0.4, 0.5) is 5.82 Å². The first-order valence-electron chi connectivity index (χ1n) is 27.9. The molecule has 16 nitrogen and oxygen atoms in total. The molecule has 400 valence electrons. The Labute approximate surface area is 453 Å². The van der Waals surface area contributed by atoms with Gasteiger partial charge in [0.2, 0.25) is 11.8 Å². The zero-order valence-corrected chi connectivity index (χ0v) is 45.4. The zero-order chi connectivity index (χ0) is 52.7. The third-order valence-electron chi connectivity index (χ3n) is 17.9. The second-order valence-electron chi connectivity index (χ2n) is 23.3. The molecule has 6 aliphatic rings. The van der Waals surface area contributed by atoms with E-state index in [4.69, 9.17) is 28.9 Å². The second kappa shape index (κ2) is 20.0. The van der Waals surface area contributed by atoms with Gasteiger partial charge in [0.25, 0.3) is 5.88 Å². The highest BCUT2D eigenvalue weighted by Gasteiger charge is 2.48. The molecule has 4 aliphatic heterocycles. The molecule has 5 fully saturated rings. The molecule has 4 saturated heterocycles. The fraction of sp³-hybridized carbons (Fsp3) is 0.483. The van der Waals surface area contributed by atoms with Gasteiger partial charge in [-0.15, -0.1) is 11.3 Å². The van der Waals surface area contributed by atoms with Crippen molar-refractivity contribution in [1.29, 1.82) is 0 Å². The van der Waals surface area contributed by atoms with Gasteiger partial charge in [0.15, 0.2) is 5.76 Å². The first-order valence-corrected chi connectivity index (χ1v) is 28.8. The van der Waals surface area contributed by atoms with Crippen molar-refractivity contribution in [3.05, 3.63) is 101 Å². The molecule has 1 saturated carbocycles. The number of nitrogens with zero attached hydrogens (tertiary/aromatic N) is 8. The lowest BCUT2D eigenvalue weighted by Gasteiger charge is -2.51. The fourth-order valence-corrected chi connectivity index (χ4v) is 14.6. The number of piperazine rings is 1. The summed E-state index contributed by atoms with van der Waals surface area (Å²) in [7, 11) is 0. The molecule has 3 unspecified atom stereocenters. The number of hydrogen-bond acceptors (Lipinski definition) is 15. The Morgan fingerprint density at radius 1 is 0.974 bits per heavy atom. The maximum Gasteiger partial charge on any atom is 0.319 e. The van der Waals surface area contributed by atoms with Crippen LogP contribution in [0.15, 0.2) is 76.9 Å². The van der Waals surface area contributed by atoms with Crippen LogP contribution in [0, 0.1) is 18.3 Å². The van der Waals surface area contributed by atoms with Crippen molar-refractivity contribution in [3.8, 4) is 39.3 Å². The van der Waals surface area contributed by atoms with Crippen molar-refractivity contribution in [2.45, 2.75) is 128 Å². The minimum absolute atomic E-state index is 0.0245. The summed E-state index contributed by atoms with van der Waals surface area (Å²) in [6.07, 6.45) is 9.70. The number of rotatable bonds is 14. The van der Waals surface area contributed by atoms with E-state index in [1.165, 1.54) is 5.56 Å². The van der Waals surface area contributed by atoms with E-state index in [-0.39, 0.29) is 47.0 Å². The van der Waals surface area contributed by atoms with Gasteiger partial charge in [0.05, 0.1) is 38.7 Å². The number of amides is 2. The van der Waals surface area contributed by atoms with Crippen LogP contribution in [0.25, 0.3) is 43.4 Å². The van der Waals surface area contributed by atoms with E-state index in [9.17, 15) is 14.7 Å². The number of benzene rings is 3. The van der Waals surface area contributed by atoms with E-state index in [0.717, 1.165) is 144 Å². The predicted molar refractivity (Wildman–Crippen MR) is 297 cm³/mol. The highest BCUT2D eigenvalue weighted by Crippen LogP contribution is 2.51. The second-order valence-corrected chi connectivity index (χ2v) is 24.1. The lowest BCUT2D eigenvalue weighted by atomic mass is 9.61. The first kappa shape index (κ1) is 49.9. The summed E-state index contributed by atoms with van der Waals surface area (Å²) in [5.41, 5.74) is 10.1. The average molecular weight is 1060 g/mol. The third kappa shape index (κ3) is 9.24. The van der Waals surface area contributed by atoms with Crippen LogP contribution in [0.3, 0.4) is 0 Å². The number of ether oxygens (including phenoxy) is 2. The van der Waals surface area contributed by atoms with E-state index in [1.807, 2.05) is 63.7 Å². The Balaban J connectivity index is 0.621. The summed E-state index contributed by atoms with van der Waals surface area (Å²) in [6.45, 7) is 15.7. The van der Waals surface area contributed by atoms with Crippen molar-refractivity contribution >= 4 is 50.6 Å². The third-order valence-corrected chi connectivity index (χ3v) is 18.9. The molecule has 2 bridgehead atoms. The van der Waals surface area contributed by atoms with Crippen molar-refractivity contribution < 1.29 is 28.7 Å². The largest absolute Gasteiger partial charge is 0.508 e. The summed E-state index contributed by atoms with van der Waals surface area (Å²) in [4.78, 5) is 55.8. The number of carbonyl (C=O) groups is 2. The predicted octanol–water partition coefficient (Wildman–Crippen LogP) is 9.69. The monoisotopic (exact) mass is 1060 g/mol.